The van der Waals surface area contributed by atoms with Gasteiger partial charge in [0.15, 0.2) is 0 Å². The standard InChI is InChI=1S/C14H23ClN4O2/c1-3-10-9-18(5-4-11(10)16)12-8-17-19(6-7-21-2)14(20)13(12)15/h8,10-11H,3-7,9,16H2,1-2H3. The molecule has 2 N–H and O–H groups in total. The number of halogens is 1. The van der Waals surface area contributed by atoms with Crippen LogP contribution in [0.1, 0.15) is 19.8 Å². The van der Waals surface area contributed by atoms with Gasteiger partial charge in [0.2, 0.25) is 0 Å². The Morgan fingerprint density at radius 3 is 3.00 bits per heavy atom. The molecule has 0 aliphatic carbocycles. The third-order valence-corrected chi connectivity index (χ3v) is 4.49. The van der Waals surface area contributed by atoms with E-state index in [1.54, 1.807) is 13.3 Å². The zero-order chi connectivity index (χ0) is 15.4. The highest BCUT2D eigenvalue weighted by atomic mass is 35.5. The maximum Gasteiger partial charge on any atom is 0.287 e. The predicted molar refractivity (Wildman–Crippen MR) is 84.0 cm³/mol. The van der Waals surface area contributed by atoms with Crippen molar-refractivity contribution in [2.75, 3.05) is 31.7 Å². The molecule has 1 aliphatic heterocycles. The normalized spacial score (nSPS) is 22.6. The van der Waals surface area contributed by atoms with Crippen molar-refractivity contribution in [1.29, 1.82) is 0 Å². The number of rotatable bonds is 5. The van der Waals surface area contributed by atoms with Gasteiger partial charge in [-0.1, -0.05) is 24.9 Å². The van der Waals surface area contributed by atoms with E-state index in [-0.39, 0.29) is 16.6 Å². The Bertz CT molecular complexity index is 534. The number of nitrogens with two attached hydrogens (primary N) is 1. The molecule has 2 heterocycles. The van der Waals surface area contributed by atoms with Crippen LogP contribution in [0, 0.1) is 5.92 Å². The Morgan fingerprint density at radius 1 is 1.57 bits per heavy atom. The van der Waals surface area contributed by atoms with Gasteiger partial charge in [-0.15, -0.1) is 0 Å². The van der Waals surface area contributed by atoms with Crippen LogP contribution < -0.4 is 16.2 Å². The molecular formula is C14H23ClN4O2. The molecule has 2 unspecified atom stereocenters. The number of anilines is 1. The minimum Gasteiger partial charge on any atom is -0.383 e. The van der Waals surface area contributed by atoms with Gasteiger partial charge in [-0.3, -0.25) is 4.79 Å². The lowest BCUT2D eigenvalue weighted by Gasteiger charge is -2.38. The van der Waals surface area contributed by atoms with Crippen LogP contribution >= 0.6 is 11.6 Å². The molecule has 1 aliphatic rings. The van der Waals surface area contributed by atoms with Gasteiger partial charge in [0.25, 0.3) is 5.56 Å². The van der Waals surface area contributed by atoms with E-state index in [9.17, 15) is 4.79 Å². The summed E-state index contributed by atoms with van der Waals surface area (Å²) in [6, 6.07) is 0.222. The maximum atomic E-state index is 12.2. The topological polar surface area (TPSA) is 73.4 Å². The van der Waals surface area contributed by atoms with E-state index in [0.717, 1.165) is 25.9 Å². The van der Waals surface area contributed by atoms with Crippen LogP contribution in [0.3, 0.4) is 0 Å². The van der Waals surface area contributed by atoms with Gasteiger partial charge in [0.1, 0.15) is 5.02 Å². The number of aromatic nitrogens is 2. The Hall–Kier alpha value is -1.11. The van der Waals surface area contributed by atoms with Gasteiger partial charge in [-0.05, 0) is 12.3 Å². The average molecular weight is 315 g/mol. The quantitative estimate of drug-likeness (QED) is 0.881. The predicted octanol–water partition coefficient (Wildman–Crippen LogP) is 1.11. The molecule has 0 radical (unpaired) electrons. The lowest BCUT2D eigenvalue weighted by molar-refractivity contribution is 0.182. The van der Waals surface area contributed by atoms with Gasteiger partial charge in [0, 0.05) is 26.2 Å². The van der Waals surface area contributed by atoms with Crippen LogP contribution in [0.2, 0.25) is 5.02 Å². The molecule has 0 bridgehead atoms. The summed E-state index contributed by atoms with van der Waals surface area (Å²) in [7, 11) is 1.59. The van der Waals surface area contributed by atoms with E-state index in [1.807, 2.05) is 0 Å². The fourth-order valence-electron chi connectivity index (χ4n) is 2.71. The van der Waals surface area contributed by atoms with Gasteiger partial charge in [-0.25, -0.2) is 4.68 Å². The molecule has 1 fully saturated rings. The second-order valence-corrected chi connectivity index (χ2v) is 5.81. The molecule has 0 aromatic carbocycles. The van der Waals surface area contributed by atoms with Crippen LogP contribution in [0.4, 0.5) is 5.69 Å². The van der Waals surface area contributed by atoms with Crippen LogP contribution in [0.25, 0.3) is 0 Å². The first kappa shape index (κ1) is 16.3. The highest BCUT2D eigenvalue weighted by Gasteiger charge is 2.27. The number of nitrogens with zero attached hydrogens (tertiary/aromatic N) is 3. The van der Waals surface area contributed by atoms with Gasteiger partial charge < -0.3 is 15.4 Å². The number of hydrogen-bond donors (Lipinski definition) is 1. The number of piperidine rings is 1. The van der Waals surface area contributed by atoms with E-state index < -0.39 is 0 Å². The third-order valence-electron chi connectivity index (χ3n) is 4.13. The highest BCUT2D eigenvalue weighted by Crippen LogP contribution is 2.27. The average Bonchev–Trinajstić information content (AvgIpc) is 2.49. The molecule has 0 saturated carbocycles. The van der Waals surface area contributed by atoms with Crippen molar-refractivity contribution in [2.24, 2.45) is 11.7 Å². The first-order valence-corrected chi connectivity index (χ1v) is 7.71. The minimum atomic E-state index is -0.269. The van der Waals surface area contributed by atoms with E-state index in [0.29, 0.717) is 24.8 Å². The summed E-state index contributed by atoms with van der Waals surface area (Å²) in [6.45, 7) is 4.59. The Labute approximate surface area is 129 Å². The summed E-state index contributed by atoms with van der Waals surface area (Å²) >= 11 is 6.25. The zero-order valence-corrected chi connectivity index (χ0v) is 13.3. The second kappa shape index (κ2) is 7.24. The van der Waals surface area contributed by atoms with E-state index in [4.69, 9.17) is 22.1 Å². The fourth-order valence-corrected chi connectivity index (χ4v) is 2.98. The summed E-state index contributed by atoms with van der Waals surface area (Å²) in [5, 5.41) is 4.42. The van der Waals surface area contributed by atoms with Crippen LogP contribution in [-0.4, -0.2) is 42.6 Å². The first-order chi connectivity index (χ1) is 10.1. The van der Waals surface area contributed by atoms with Crippen molar-refractivity contribution < 1.29 is 4.74 Å². The summed E-state index contributed by atoms with van der Waals surface area (Å²) in [6.07, 6.45) is 3.60. The molecule has 0 spiro atoms. The summed E-state index contributed by atoms with van der Waals surface area (Å²) in [4.78, 5) is 14.3. The smallest absolute Gasteiger partial charge is 0.287 e. The van der Waals surface area contributed by atoms with Crippen LogP contribution in [0.15, 0.2) is 11.0 Å². The molecule has 2 rings (SSSR count). The van der Waals surface area contributed by atoms with Crippen LogP contribution in [0.5, 0.6) is 0 Å². The molecule has 6 nitrogen and oxygen atoms in total. The fraction of sp³-hybridized carbons (Fsp3) is 0.714. The zero-order valence-electron chi connectivity index (χ0n) is 12.6. The van der Waals surface area contributed by atoms with E-state index >= 15 is 0 Å². The number of ether oxygens (including phenoxy) is 1. The summed E-state index contributed by atoms with van der Waals surface area (Å²) in [5.74, 6) is 0.422. The lowest BCUT2D eigenvalue weighted by Crippen LogP contribution is -2.47. The summed E-state index contributed by atoms with van der Waals surface area (Å²) in [5.41, 5.74) is 6.56. The highest BCUT2D eigenvalue weighted by molar-refractivity contribution is 6.33. The van der Waals surface area contributed by atoms with Crippen molar-refractivity contribution in [3.05, 3.63) is 21.6 Å². The second-order valence-electron chi connectivity index (χ2n) is 5.43. The first-order valence-electron chi connectivity index (χ1n) is 7.33. The molecule has 1 aromatic rings. The number of methoxy groups -OCH3 is 1. The SMILES string of the molecule is CCC1CN(c2cnn(CCOC)c(=O)c2Cl)CCC1N. The Kier molecular flexibility index (Phi) is 5.61. The molecule has 21 heavy (non-hydrogen) atoms. The van der Waals surface area contributed by atoms with Gasteiger partial charge >= 0.3 is 0 Å². The molecule has 1 aromatic heterocycles. The van der Waals surface area contributed by atoms with Gasteiger partial charge in [0.05, 0.1) is 25.0 Å². The summed E-state index contributed by atoms with van der Waals surface area (Å²) < 4.78 is 6.30. The largest absolute Gasteiger partial charge is 0.383 e. The van der Waals surface area contributed by atoms with E-state index in [1.165, 1.54) is 4.68 Å². The number of hydrogen-bond acceptors (Lipinski definition) is 5. The minimum absolute atomic E-state index is 0.222. The van der Waals surface area contributed by atoms with E-state index in [2.05, 4.69) is 16.9 Å². The molecule has 1 saturated heterocycles. The Balaban J connectivity index is 2.21. The van der Waals surface area contributed by atoms with Crippen molar-refractivity contribution in [3.63, 3.8) is 0 Å². The van der Waals surface area contributed by atoms with Crippen molar-refractivity contribution in [2.45, 2.75) is 32.4 Å². The van der Waals surface area contributed by atoms with Crippen molar-refractivity contribution >= 4 is 17.3 Å². The third kappa shape index (κ3) is 3.56. The van der Waals surface area contributed by atoms with Gasteiger partial charge in [-0.2, -0.15) is 5.10 Å². The molecule has 2 atom stereocenters. The molecular weight excluding hydrogens is 292 g/mol. The Morgan fingerprint density at radius 2 is 2.33 bits per heavy atom. The van der Waals surface area contributed by atoms with Crippen molar-refractivity contribution in [3.8, 4) is 0 Å². The van der Waals surface area contributed by atoms with Crippen molar-refractivity contribution in [1.82, 2.24) is 9.78 Å². The maximum absolute atomic E-state index is 12.2. The monoisotopic (exact) mass is 314 g/mol. The van der Waals surface area contributed by atoms with Crippen LogP contribution in [-0.2, 0) is 11.3 Å². The molecule has 118 valence electrons. The lowest BCUT2D eigenvalue weighted by atomic mass is 9.90. The molecule has 7 heteroatoms. The molecule has 0 amide bonds.